The topological polar surface area (TPSA) is 105 Å². The van der Waals surface area contributed by atoms with Crippen molar-refractivity contribution in [1.29, 1.82) is 5.26 Å². The monoisotopic (exact) mass is 253 g/mol. The molecule has 7 heteroatoms. The van der Waals surface area contributed by atoms with Crippen LogP contribution >= 0.6 is 0 Å². The van der Waals surface area contributed by atoms with Gasteiger partial charge in [-0.3, -0.25) is 0 Å². The number of nitrogens with two attached hydrogens (primary N) is 1. The van der Waals surface area contributed by atoms with E-state index in [1.165, 1.54) is 10.7 Å². The van der Waals surface area contributed by atoms with Crippen molar-refractivity contribution >= 4 is 17.4 Å². The van der Waals surface area contributed by atoms with E-state index in [-0.39, 0.29) is 5.82 Å². The fourth-order valence-corrected chi connectivity index (χ4v) is 1.87. The number of hydrogen-bond donors (Lipinski definition) is 2. The Balaban J connectivity index is 2.02. The summed E-state index contributed by atoms with van der Waals surface area (Å²) < 4.78 is 1.39. The number of nitriles is 1. The Bertz CT molecular complexity index is 732. The van der Waals surface area contributed by atoms with Gasteiger partial charge >= 0.3 is 0 Å². The van der Waals surface area contributed by atoms with E-state index in [1.807, 2.05) is 12.1 Å². The standard InChI is InChI=1S/C12H11N7/c13-6-9-7-15-11-10(14)17-12(18-19(9)11)16-8-4-2-1-3-5-8/h2,4-5,7H,1,3H2,(H3,14,16,17,18). The first kappa shape index (κ1) is 11.2. The molecule has 0 amide bonds. The number of nitrogens with one attached hydrogen (secondary N) is 1. The van der Waals surface area contributed by atoms with Crippen LogP contribution in [0, 0.1) is 11.3 Å². The van der Waals surface area contributed by atoms with E-state index in [9.17, 15) is 0 Å². The van der Waals surface area contributed by atoms with Crippen molar-refractivity contribution in [3.63, 3.8) is 0 Å². The molecule has 1 aliphatic carbocycles. The summed E-state index contributed by atoms with van der Waals surface area (Å²) in [5, 5.41) is 16.3. The maximum Gasteiger partial charge on any atom is 0.247 e. The number of nitrogen functional groups attached to an aromatic ring is 1. The Morgan fingerprint density at radius 3 is 3.05 bits per heavy atom. The van der Waals surface area contributed by atoms with Crippen molar-refractivity contribution in [2.45, 2.75) is 12.8 Å². The van der Waals surface area contributed by atoms with E-state index in [4.69, 9.17) is 11.0 Å². The third kappa shape index (κ3) is 1.99. The number of rotatable bonds is 2. The van der Waals surface area contributed by atoms with Crippen LogP contribution in [0.5, 0.6) is 0 Å². The number of fused-ring (bicyclic) bond motifs is 1. The highest BCUT2D eigenvalue weighted by molar-refractivity contribution is 5.62. The van der Waals surface area contributed by atoms with Gasteiger partial charge in [-0.15, -0.1) is 5.10 Å². The minimum atomic E-state index is 0.236. The molecule has 0 aliphatic heterocycles. The molecule has 0 bridgehead atoms. The van der Waals surface area contributed by atoms with Gasteiger partial charge in [0.15, 0.2) is 17.2 Å². The summed E-state index contributed by atoms with van der Waals surface area (Å²) in [6.07, 6.45) is 9.53. The molecule has 1 aliphatic rings. The van der Waals surface area contributed by atoms with Crippen molar-refractivity contribution < 1.29 is 0 Å². The second-order valence-corrected chi connectivity index (χ2v) is 4.08. The number of nitrogens with zero attached hydrogens (tertiary/aromatic N) is 5. The lowest BCUT2D eigenvalue weighted by atomic mass is 10.1. The highest BCUT2D eigenvalue weighted by atomic mass is 15.3. The van der Waals surface area contributed by atoms with Crippen LogP contribution in [0.25, 0.3) is 5.65 Å². The quantitative estimate of drug-likeness (QED) is 0.833. The predicted molar refractivity (Wildman–Crippen MR) is 70.0 cm³/mol. The number of anilines is 2. The Morgan fingerprint density at radius 2 is 2.32 bits per heavy atom. The second-order valence-electron chi connectivity index (χ2n) is 4.08. The third-order valence-corrected chi connectivity index (χ3v) is 2.75. The molecule has 3 N–H and O–H groups in total. The molecule has 7 nitrogen and oxygen atoms in total. The molecule has 94 valence electrons. The molecular formula is C12H11N7. The number of aromatic nitrogens is 4. The Labute approximate surface area is 109 Å². The van der Waals surface area contributed by atoms with Gasteiger partial charge in [0, 0.05) is 5.70 Å². The molecule has 19 heavy (non-hydrogen) atoms. The molecule has 2 heterocycles. The molecule has 3 rings (SSSR count). The lowest BCUT2D eigenvalue weighted by Crippen LogP contribution is -2.09. The Morgan fingerprint density at radius 1 is 1.42 bits per heavy atom. The highest BCUT2D eigenvalue weighted by Crippen LogP contribution is 2.15. The minimum absolute atomic E-state index is 0.236. The van der Waals surface area contributed by atoms with Crippen LogP contribution in [0.1, 0.15) is 18.5 Å². The first-order valence-corrected chi connectivity index (χ1v) is 5.83. The van der Waals surface area contributed by atoms with E-state index in [0.29, 0.717) is 17.3 Å². The Kier molecular flexibility index (Phi) is 2.61. The lowest BCUT2D eigenvalue weighted by Gasteiger charge is -2.09. The van der Waals surface area contributed by atoms with Crippen LogP contribution in [0.4, 0.5) is 11.8 Å². The zero-order valence-electron chi connectivity index (χ0n) is 10.0. The van der Waals surface area contributed by atoms with E-state index < -0.39 is 0 Å². The van der Waals surface area contributed by atoms with Gasteiger partial charge in [0.1, 0.15) is 6.07 Å². The average Bonchev–Trinajstić information content (AvgIpc) is 2.83. The van der Waals surface area contributed by atoms with Gasteiger partial charge < -0.3 is 11.1 Å². The van der Waals surface area contributed by atoms with Crippen LogP contribution in [-0.4, -0.2) is 19.6 Å². The average molecular weight is 253 g/mol. The van der Waals surface area contributed by atoms with Crippen LogP contribution < -0.4 is 11.1 Å². The first-order valence-electron chi connectivity index (χ1n) is 5.83. The van der Waals surface area contributed by atoms with Gasteiger partial charge in [-0.2, -0.15) is 14.8 Å². The summed E-state index contributed by atoms with van der Waals surface area (Å²) in [6, 6.07) is 2.01. The van der Waals surface area contributed by atoms with Crippen molar-refractivity contribution in [2.75, 3.05) is 11.1 Å². The largest absolute Gasteiger partial charge is 0.380 e. The van der Waals surface area contributed by atoms with Crippen LogP contribution in [0.3, 0.4) is 0 Å². The maximum atomic E-state index is 8.97. The molecule has 0 radical (unpaired) electrons. The van der Waals surface area contributed by atoms with Crippen molar-refractivity contribution in [2.24, 2.45) is 0 Å². The van der Waals surface area contributed by atoms with Crippen LogP contribution in [-0.2, 0) is 0 Å². The highest BCUT2D eigenvalue weighted by Gasteiger charge is 2.11. The predicted octanol–water partition coefficient (Wildman–Crippen LogP) is 1.22. The van der Waals surface area contributed by atoms with E-state index in [2.05, 4.69) is 32.5 Å². The number of allylic oxidation sites excluding steroid dienone is 3. The fraction of sp³-hybridized carbons (Fsp3) is 0.167. The van der Waals surface area contributed by atoms with Crippen molar-refractivity contribution in [3.8, 4) is 6.07 Å². The van der Waals surface area contributed by atoms with Crippen molar-refractivity contribution in [3.05, 3.63) is 35.8 Å². The van der Waals surface area contributed by atoms with Gasteiger partial charge in [-0.1, -0.05) is 12.2 Å². The maximum absolute atomic E-state index is 8.97. The molecule has 2 aromatic rings. The summed E-state index contributed by atoms with van der Waals surface area (Å²) in [5.74, 6) is 0.580. The third-order valence-electron chi connectivity index (χ3n) is 2.75. The molecule has 0 fully saturated rings. The molecular weight excluding hydrogens is 242 g/mol. The molecule has 0 saturated carbocycles. The Hall–Kier alpha value is -2.88. The van der Waals surface area contributed by atoms with Gasteiger partial charge in [0.25, 0.3) is 0 Å². The summed E-state index contributed by atoms with van der Waals surface area (Å²) in [4.78, 5) is 8.14. The molecule has 2 aromatic heterocycles. The van der Waals surface area contributed by atoms with Gasteiger partial charge in [-0.25, -0.2) is 4.98 Å². The minimum Gasteiger partial charge on any atom is -0.380 e. The van der Waals surface area contributed by atoms with E-state index in [0.717, 1.165) is 18.5 Å². The second kappa shape index (κ2) is 4.42. The summed E-state index contributed by atoms with van der Waals surface area (Å²) in [7, 11) is 0. The van der Waals surface area contributed by atoms with Crippen LogP contribution in [0.2, 0.25) is 0 Å². The molecule has 0 spiro atoms. The van der Waals surface area contributed by atoms with Crippen molar-refractivity contribution in [1.82, 2.24) is 19.6 Å². The SMILES string of the molecule is N#Cc1cnc2c(N)nc(NC3=CCCC=C3)nn12. The zero-order valence-corrected chi connectivity index (χ0v) is 10.0. The van der Waals surface area contributed by atoms with Gasteiger partial charge in [-0.05, 0) is 18.9 Å². The zero-order chi connectivity index (χ0) is 13.2. The fourth-order valence-electron chi connectivity index (χ4n) is 1.87. The van der Waals surface area contributed by atoms with Gasteiger partial charge in [0.2, 0.25) is 5.95 Å². The smallest absolute Gasteiger partial charge is 0.247 e. The number of imidazole rings is 1. The van der Waals surface area contributed by atoms with Crippen LogP contribution in [0.15, 0.2) is 30.1 Å². The summed E-state index contributed by atoms with van der Waals surface area (Å²) >= 11 is 0. The molecule has 0 atom stereocenters. The number of hydrogen-bond acceptors (Lipinski definition) is 6. The normalized spacial score (nSPS) is 14.2. The van der Waals surface area contributed by atoms with E-state index in [1.54, 1.807) is 0 Å². The first-order chi connectivity index (χ1) is 9.28. The summed E-state index contributed by atoms with van der Waals surface area (Å²) in [6.45, 7) is 0. The molecule has 0 aromatic carbocycles. The molecule has 0 saturated heterocycles. The van der Waals surface area contributed by atoms with Gasteiger partial charge in [0.05, 0.1) is 6.20 Å². The summed E-state index contributed by atoms with van der Waals surface area (Å²) in [5.41, 5.74) is 7.43. The lowest BCUT2D eigenvalue weighted by molar-refractivity contribution is 0.894. The molecule has 0 unspecified atom stereocenters. The van der Waals surface area contributed by atoms with E-state index >= 15 is 0 Å².